The molecule has 2 aliphatic rings. The van der Waals surface area contributed by atoms with Gasteiger partial charge in [-0.25, -0.2) is 4.79 Å². The fourth-order valence-electron chi connectivity index (χ4n) is 3.24. The Morgan fingerprint density at radius 1 is 1.39 bits per heavy atom. The molecule has 2 aliphatic heterocycles. The number of ketones is 1. The Kier molecular flexibility index (Phi) is 3.50. The van der Waals surface area contributed by atoms with Gasteiger partial charge in [0, 0.05) is 5.92 Å². The lowest BCUT2D eigenvalue weighted by Gasteiger charge is -2.39. The molecule has 3 rings (SSSR count). The number of cyclic esters (lactones) is 1. The molecule has 0 radical (unpaired) electrons. The minimum atomic E-state index is -1.74. The summed E-state index contributed by atoms with van der Waals surface area (Å²) in [6.45, 7) is 1.74. The largest absolute Gasteiger partial charge is 0.507 e. The van der Waals surface area contributed by atoms with Gasteiger partial charge < -0.3 is 19.3 Å². The van der Waals surface area contributed by atoms with Crippen molar-refractivity contribution in [3.8, 4) is 11.5 Å². The van der Waals surface area contributed by atoms with E-state index in [2.05, 4.69) is 0 Å². The summed E-state index contributed by atoms with van der Waals surface area (Å²) in [5.74, 6) is -2.17. The number of phenolic OH excluding ortho intramolecular Hbond substituents is 1. The van der Waals surface area contributed by atoms with E-state index in [1.165, 1.54) is 25.3 Å². The number of benzene rings is 1. The molecule has 3 atom stereocenters. The van der Waals surface area contributed by atoms with Gasteiger partial charge in [-0.1, -0.05) is 13.0 Å². The molecule has 0 unspecified atom stereocenters. The fraction of sp³-hybridized carbons (Fsp3) is 0.438. The molecule has 2 heterocycles. The molecule has 0 bridgehead atoms. The SMILES string of the molecule is COC(=O)[C@]1([C@@H]2OC(=O)C[C@@H]2C)CC(=O)c2c(O)cccc2O1. The summed E-state index contributed by atoms with van der Waals surface area (Å²) in [6.07, 6.45) is -1.16. The quantitative estimate of drug-likeness (QED) is 0.818. The highest BCUT2D eigenvalue weighted by Crippen LogP contribution is 2.44. The standard InChI is InChI=1S/C16H16O7/c1-8-6-12(19)22-14(8)16(15(20)21-2)7-10(18)13-9(17)4-3-5-11(13)23-16/h3-5,8,14,17H,6-7H2,1-2H3/t8-,14+,16+/m0/s1. The molecular formula is C16H16O7. The second kappa shape index (κ2) is 5.26. The van der Waals surface area contributed by atoms with E-state index < -0.39 is 29.4 Å². The molecule has 0 aliphatic carbocycles. The van der Waals surface area contributed by atoms with Crippen molar-refractivity contribution in [3.63, 3.8) is 0 Å². The fourth-order valence-corrected chi connectivity index (χ4v) is 3.24. The Morgan fingerprint density at radius 2 is 2.13 bits per heavy atom. The van der Waals surface area contributed by atoms with Crippen molar-refractivity contribution in [3.05, 3.63) is 23.8 Å². The lowest BCUT2D eigenvalue weighted by molar-refractivity contribution is -0.177. The second-order valence-electron chi connectivity index (χ2n) is 5.83. The number of carbonyl (C=O) groups excluding carboxylic acids is 3. The number of phenols is 1. The molecule has 1 saturated heterocycles. The maximum Gasteiger partial charge on any atom is 0.354 e. The third-order valence-corrected chi connectivity index (χ3v) is 4.25. The summed E-state index contributed by atoms with van der Waals surface area (Å²) in [6, 6.07) is 4.34. The number of esters is 2. The summed E-state index contributed by atoms with van der Waals surface area (Å²) in [7, 11) is 1.18. The monoisotopic (exact) mass is 320 g/mol. The van der Waals surface area contributed by atoms with Gasteiger partial charge in [0.1, 0.15) is 17.1 Å². The van der Waals surface area contributed by atoms with E-state index >= 15 is 0 Å². The lowest BCUT2D eigenvalue weighted by atomic mass is 9.80. The average Bonchev–Trinajstić information content (AvgIpc) is 2.85. The normalized spacial score (nSPS) is 29.5. The van der Waals surface area contributed by atoms with Crippen LogP contribution >= 0.6 is 0 Å². The van der Waals surface area contributed by atoms with Crippen LogP contribution in [0.3, 0.4) is 0 Å². The maximum atomic E-state index is 12.5. The van der Waals surface area contributed by atoms with Crippen LogP contribution in [0.1, 0.15) is 30.1 Å². The van der Waals surface area contributed by atoms with Crippen LogP contribution in [-0.2, 0) is 19.1 Å². The van der Waals surface area contributed by atoms with Crippen molar-refractivity contribution in [2.24, 2.45) is 5.92 Å². The van der Waals surface area contributed by atoms with Gasteiger partial charge in [-0.2, -0.15) is 0 Å². The topological polar surface area (TPSA) is 99.1 Å². The van der Waals surface area contributed by atoms with Gasteiger partial charge in [0.05, 0.1) is 20.0 Å². The summed E-state index contributed by atoms with van der Waals surface area (Å²) < 4.78 is 15.9. The first-order valence-corrected chi connectivity index (χ1v) is 7.21. The zero-order valence-electron chi connectivity index (χ0n) is 12.7. The number of rotatable bonds is 2. The second-order valence-corrected chi connectivity index (χ2v) is 5.83. The first-order chi connectivity index (χ1) is 10.9. The van der Waals surface area contributed by atoms with Crippen molar-refractivity contribution in [2.45, 2.75) is 31.5 Å². The molecular weight excluding hydrogens is 304 g/mol. The lowest BCUT2D eigenvalue weighted by Crippen LogP contribution is -2.59. The molecule has 7 heteroatoms. The van der Waals surface area contributed by atoms with Crippen molar-refractivity contribution >= 4 is 17.7 Å². The van der Waals surface area contributed by atoms with E-state index in [-0.39, 0.29) is 35.8 Å². The van der Waals surface area contributed by atoms with Crippen LogP contribution in [0.25, 0.3) is 0 Å². The molecule has 1 aromatic rings. The highest BCUT2D eigenvalue weighted by Gasteiger charge is 2.60. The molecule has 1 fully saturated rings. The van der Waals surface area contributed by atoms with Crippen molar-refractivity contribution in [2.75, 3.05) is 7.11 Å². The third-order valence-electron chi connectivity index (χ3n) is 4.25. The first kappa shape index (κ1) is 15.3. The van der Waals surface area contributed by atoms with Gasteiger partial charge in [-0.05, 0) is 12.1 Å². The Labute approximate surface area is 132 Å². The predicted molar refractivity (Wildman–Crippen MR) is 76.1 cm³/mol. The highest BCUT2D eigenvalue weighted by atomic mass is 16.6. The van der Waals surface area contributed by atoms with Gasteiger partial charge in [0.2, 0.25) is 5.60 Å². The summed E-state index contributed by atoms with van der Waals surface area (Å²) in [4.78, 5) is 36.5. The number of aromatic hydroxyl groups is 1. The van der Waals surface area contributed by atoms with Gasteiger partial charge in [-0.3, -0.25) is 9.59 Å². The first-order valence-electron chi connectivity index (χ1n) is 7.21. The van der Waals surface area contributed by atoms with Gasteiger partial charge in [0.15, 0.2) is 11.9 Å². The molecule has 0 saturated carbocycles. The zero-order valence-corrected chi connectivity index (χ0v) is 12.7. The minimum Gasteiger partial charge on any atom is -0.507 e. The smallest absolute Gasteiger partial charge is 0.354 e. The van der Waals surface area contributed by atoms with Crippen molar-refractivity contribution in [1.29, 1.82) is 0 Å². The van der Waals surface area contributed by atoms with Crippen LogP contribution in [0.4, 0.5) is 0 Å². The molecule has 1 aromatic carbocycles. The Bertz CT molecular complexity index is 696. The van der Waals surface area contributed by atoms with Crippen LogP contribution in [0.2, 0.25) is 0 Å². The molecule has 0 aromatic heterocycles. The Balaban J connectivity index is 2.10. The Hall–Kier alpha value is -2.57. The zero-order chi connectivity index (χ0) is 16.8. The van der Waals surface area contributed by atoms with Crippen LogP contribution in [0.15, 0.2) is 18.2 Å². The van der Waals surface area contributed by atoms with Crippen LogP contribution in [0, 0.1) is 5.92 Å². The van der Waals surface area contributed by atoms with Crippen LogP contribution < -0.4 is 4.74 Å². The summed E-state index contributed by atoms with van der Waals surface area (Å²) in [5.41, 5.74) is -1.72. The maximum absolute atomic E-state index is 12.5. The molecule has 0 amide bonds. The minimum absolute atomic E-state index is 0.0176. The summed E-state index contributed by atoms with van der Waals surface area (Å²) >= 11 is 0. The van der Waals surface area contributed by atoms with Crippen molar-refractivity contribution < 1.29 is 33.7 Å². The van der Waals surface area contributed by atoms with Crippen LogP contribution in [0.5, 0.6) is 11.5 Å². The van der Waals surface area contributed by atoms with Crippen molar-refractivity contribution in [1.82, 2.24) is 0 Å². The molecule has 0 spiro atoms. The van der Waals surface area contributed by atoms with E-state index in [1.54, 1.807) is 6.92 Å². The van der Waals surface area contributed by atoms with E-state index in [1.807, 2.05) is 0 Å². The average molecular weight is 320 g/mol. The number of Topliss-reactive ketones (excluding diaryl/α,β-unsaturated/α-hetero) is 1. The van der Waals surface area contributed by atoms with Gasteiger partial charge in [0.25, 0.3) is 0 Å². The van der Waals surface area contributed by atoms with Crippen LogP contribution in [-0.4, -0.2) is 41.6 Å². The predicted octanol–water partition coefficient (Wildman–Crippen LogP) is 1.22. The molecule has 7 nitrogen and oxygen atoms in total. The molecule has 122 valence electrons. The number of hydrogen-bond donors (Lipinski definition) is 1. The highest BCUT2D eigenvalue weighted by molar-refractivity contribution is 6.06. The van der Waals surface area contributed by atoms with E-state index in [0.29, 0.717) is 0 Å². The molecule has 1 N–H and O–H groups in total. The summed E-state index contributed by atoms with van der Waals surface area (Å²) in [5, 5.41) is 9.85. The van der Waals surface area contributed by atoms with E-state index in [9.17, 15) is 19.5 Å². The van der Waals surface area contributed by atoms with E-state index in [4.69, 9.17) is 14.2 Å². The number of methoxy groups -OCH3 is 1. The number of carbonyl (C=O) groups is 3. The van der Waals surface area contributed by atoms with Gasteiger partial charge in [-0.15, -0.1) is 0 Å². The van der Waals surface area contributed by atoms with Gasteiger partial charge >= 0.3 is 11.9 Å². The Morgan fingerprint density at radius 3 is 2.74 bits per heavy atom. The number of hydrogen-bond acceptors (Lipinski definition) is 7. The third kappa shape index (κ3) is 2.23. The van der Waals surface area contributed by atoms with E-state index in [0.717, 1.165) is 0 Å². The molecule has 23 heavy (non-hydrogen) atoms. The number of ether oxygens (including phenoxy) is 3. The number of fused-ring (bicyclic) bond motifs is 1.